The first-order valence-electron chi connectivity index (χ1n) is 5.89. The molecule has 0 bridgehead atoms. The third-order valence-corrected chi connectivity index (χ3v) is 3.49. The van der Waals surface area contributed by atoms with Gasteiger partial charge in [-0.15, -0.1) is 0 Å². The topological polar surface area (TPSA) is 98.2 Å². The fourth-order valence-electron chi connectivity index (χ4n) is 1.88. The lowest BCUT2D eigenvalue weighted by molar-refractivity contribution is 0.540. The van der Waals surface area contributed by atoms with Gasteiger partial charge >= 0.3 is 0 Å². The second-order valence-corrected chi connectivity index (χ2v) is 6.53. The highest BCUT2D eigenvalue weighted by molar-refractivity contribution is 7.89. The molecule has 0 aromatic heterocycles. The van der Waals surface area contributed by atoms with E-state index in [9.17, 15) is 8.42 Å². The Hall–Kier alpha value is -1.27. The number of nitrogens with one attached hydrogen (secondary N) is 1. The van der Waals surface area contributed by atoms with E-state index >= 15 is 0 Å². The Bertz CT molecular complexity index is 512. The molecule has 5 nitrogen and oxygen atoms in total. The number of anilines is 2. The molecule has 0 radical (unpaired) electrons. The average Bonchev–Trinajstić information content (AvgIpc) is 2.18. The van der Waals surface area contributed by atoms with Gasteiger partial charge in [-0.25, -0.2) is 13.6 Å². The molecule has 0 aliphatic carbocycles. The lowest BCUT2D eigenvalue weighted by Gasteiger charge is -2.18. The summed E-state index contributed by atoms with van der Waals surface area (Å²) in [6.45, 7) is 6.35. The number of rotatable bonds is 5. The van der Waals surface area contributed by atoms with E-state index in [1.54, 1.807) is 6.07 Å². The Labute approximate surface area is 109 Å². The Balaban J connectivity index is 2.87. The van der Waals surface area contributed by atoms with Crippen LogP contribution in [0, 0.1) is 5.92 Å². The molecular weight excluding hydrogens is 250 g/mol. The van der Waals surface area contributed by atoms with Crippen LogP contribution in [0.3, 0.4) is 0 Å². The van der Waals surface area contributed by atoms with Gasteiger partial charge in [0.2, 0.25) is 10.0 Å². The molecule has 18 heavy (non-hydrogen) atoms. The number of hydrogen-bond donors (Lipinski definition) is 3. The van der Waals surface area contributed by atoms with Crippen LogP contribution in [-0.4, -0.2) is 14.5 Å². The number of hydrogen-bond acceptors (Lipinski definition) is 4. The van der Waals surface area contributed by atoms with Crippen molar-refractivity contribution in [3.63, 3.8) is 0 Å². The summed E-state index contributed by atoms with van der Waals surface area (Å²) >= 11 is 0. The first-order valence-corrected chi connectivity index (χ1v) is 7.43. The van der Waals surface area contributed by atoms with E-state index in [0.29, 0.717) is 11.6 Å². The van der Waals surface area contributed by atoms with Crippen LogP contribution in [0.2, 0.25) is 0 Å². The summed E-state index contributed by atoms with van der Waals surface area (Å²) in [7, 11) is -3.70. The number of benzene rings is 1. The van der Waals surface area contributed by atoms with Crippen LogP contribution in [0.1, 0.15) is 27.2 Å². The molecule has 0 saturated heterocycles. The number of nitrogens with two attached hydrogens (primary N) is 2. The molecule has 0 amide bonds. The summed E-state index contributed by atoms with van der Waals surface area (Å²) in [4.78, 5) is 0.0297. The van der Waals surface area contributed by atoms with Crippen molar-refractivity contribution in [2.45, 2.75) is 38.1 Å². The second-order valence-electron chi connectivity index (χ2n) is 4.97. The zero-order chi connectivity index (χ0) is 13.9. The smallest absolute Gasteiger partial charge is 0.238 e. The molecule has 0 heterocycles. The van der Waals surface area contributed by atoms with Gasteiger partial charge in [-0.3, -0.25) is 0 Å². The third kappa shape index (κ3) is 4.19. The largest absolute Gasteiger partial charge is 0.397 e. The van der Waals surface area contributed by atoms with Crippen LogP contribution in [0.4, 0.5) is 11.4 Å². The van der Waals surface area contributed by atoms with Gasteiger partial charge in [-0.1, -0.05) is 13.8 Å². The van der Waals surface area contributed by atoms with Crippen molar-refractivity contribution < 1.29 is 8.42 Å². The van der Waals surface area contributed by atoms with Gasteiger partial charge in [0.15, 0.2) is 0 Å². The molecule has 1 unspecified atom stereocenters. The molecule has 1 rings (SSSR count). The highest BCUT2D eigenvalue weighted by Crippen LogP contribution is 2.23. The van der Waals surface area contributed by atoms with E-state index in [0.717, 1.165) is 12.1 Å². The van der Waals surface area contributed by atoms with Crippen LogP contribution >= 0.6 is 0 Å². The van der Waals surface area contributed by atoms with Gasteiger partial charge in [0.1, 0.15) is 0 Å². The molecule has 0 spiro atoms. The number of nitrogen functional groups attached to an aromatic ring is 1. The Morgan fingerprint density at radius 3 is 2.33 bits per heavy atom. The lowest BCUT2D eigenvalue weighted by Crippen LogP contribution is -2.19. The molecule has 102 valence electrons. The van der Waals surface area contributed by atoms with E-state index < -0.39 is 10.0 Å². The highest BCUT2D eigenvalue weighted by Gasteiger charge is 2.11. The van der Waals surface area contributed by atoms with Crippen molar-refractivity contribution in [1.29, 1.82) is 0 Å². The molecule has 0 saturated carbocycles. The third-order valence-electron chi connectivity index (χ3n) is 2.58. The maximum atomic E-state index is 11.2. The van der Waals surface area contributed by atoms with E-state index in [-0.39, 0.29) is 10.9 Å². The second kappa shape index (κ2) is 5.58. The molecular formula is C12H21N3O2S. The van der Waals surface area contributed by atoms with Crippen LogP contribution in [0.5, 0.6) is 0 Å². The van der Waals surface area contributed by atoms with Crippen LogP contribution in [0.25, 0.3) is 0 Å². The van der Waals surface area contributed by atoms with Gasteiger partial charge in [0.05, 0.1) is 16.3 Å². The van der Waals surface area contributed by atoms with Gasteiger partial charge < -0.3 is 11.1 Å². The molecule has 0 aliphatic rings. The fourth-order valence-corrected chi connectivity index (χ4v) is 2.43. The van der Waals surface area contributed by atoms with Crippen LogP contribution in [0.15, 0.2) is 23.1 Å². The van der Waals surface area contributed by atoms with Crippen molar-refractivity contribution in [3.05, 3.63) is 18.2 Å². The van der Waals surface area contributed by atoms with E-state index in [1.165, 1.54) is 12.1 Å². The van der Waals surface area contributed by atoms with Crippen LogP contribution in [-0.2, 0) is 10.0 Å². The maximum Gasteiger partial charge on any atom is 0.238 e. The molecule has 5 N–H and O–H groups in total. The standard InChI is InChI=1S/C12H21N3O2S/c1-8(2)6-9(3)15-12-5-4-10(7-11(12)13)18(14,16)17/h4-5,7-9,15H,6,13H2,1-3H3,(H2,14,16,17). The molecule has 1 atom stereocenters. The highest BCUT2D eigenvalue weighted by atomic mass is 32.2. The first-order chi connectivity index (χ1) is 8.20. The van der Waals surface area contributed by atoms with Crippen LogP contribution < -0.4 is 16.2 Å². The van der Waals surface area contributed by atoms with Crippen molar-refractivity contribution in [2.75, 3.05) is 11.1 Å². The summed E-state index contributed by atoms with van der Waals surface area (Å²) in [5.74, 6) is 0.581. The van der Waals surface area contributed by atoms with Crippen molar-refractivity contribution in [2.24, 2.45) is 11.1 Å². The predicted molar refractivity (Wildman–Crippen MR) is 74.8 cm³/mol. The van der Waals surface area contributed by atoms with Crippen molar-refractivity contribution in [3.8, 4) is 0 Å². The lowest BCUT2D eigenvalue weighted by atomic mass is 10.0. The van der Waals surface area contributed by atoms with Gasteiger partial charge in [0, 0.05) is 6.04 Å². The van der Waals surface area contributed by atoms with E-state index in [1.807, 2.05) is 0 Å². The SMILES string of the molecule is CC(C)CC(C)Nc1ccc(S(N)(=O)=O)cc1N. The van der Waals surface area contributed by atoms with Gasteiger partial charge in [-0.05, 0) is 37.5 Å². The monoisotopic (exact) mass is 271 g/mol. The normalized spacial score (nSPS) is 13.6. The quantitative estimate of drug-likeness (QED) is 0.711. The first kappa shape index (κ1) is 14.8. The number of primary sulfonamides is 1. The summed E-state index contributed by atoms with van der Waals surface area (Å²) in [5.41, 5.74) is 6.93. The molecule has 1 aromatic carbocycles. The van der Waals surface area contributed by atoms with E-state index in [4.69, 9.17) is 10.9 Å². The minimum absolute atomic E-state index is 0.0297. The van der Waals surface area contributed by atoms with Crippen molar-refractivity contribution >= 4 is 21.4 Å². The Kier molecular flexibility index (Phi) is 4.59. The summed E-state index contributed by atoms with van der Waals surface area (Å²) in [6.07, 6.45) is 1.01. The zero-order valence-corrected chi connectivity index (χ0v) is 11.8. The fraction of sp³-hybridized carbons (Fsp3) is 0.500. The Morgan fingerprint density at radius 2 is 1.89 bits per heavy atom. The molecule has 1 aromatic rings. The summed E-state index contributed by atoms with van der Waals surface area (Å²) in [6, 6.07) is 4.74. The average molecular weight is 271 g/mol. The molecule has 0 fully saturated rings. The van der Waals surface area contributed by atoms with Gasteiger partial charge in [0.25, 0.3) is 0 Å². The summed E-state index contributed by atoms with van der Waals surface area (Å²) < 4.78 is 22.3. The minimum atomic E-state index is -3.70. The van der Waals surface area contributed by atoms with Crippen molar-refractivity contribution in [1.82, 2.24) is 0 Å². The maximum absolute atomic E-state index is 11.2. The van der Waals surface area contributed by atoms with E-state index in [2.05, 4.69) is 26.1 Å². The Morgan fingerprint density at radius 1 is 1.28 bits per heavy atom. The molecule has 6 heteroatoms. The minimum Gasteiger partial charge on any atom is -0.397 e. The molecule has 0 aliphatic heterocycles. The van der Waals surface area contributed by atoms with Gasteiger partial charge in [-0.2, -0.15) is 0 Å². The number of sulfonamides is 1. The predicted octanol–water partition coefficient (Wildman–Crippen LogP) is 1.76. The summed E-state index contributed by atoms with van der Waals surface area (Å²) in [5, 5.41) is 8.30. The zero-order valence-electron chi connectivity index (χ0n) is 11.0.